The maximum absolute atomic E-state index is 5.19. The van der Waals surface area contributed by atoms with Crippen molar-refractivity contribution in [1.29, 1.82) is 0 Å². The van der Waals surface area contributed by atoms with Crippen LogP contribution in [0, 0.1) is 0 Å². The highest BCUT2D eigenvalue weighted by molar-refractivity contribution is 6.12. The van der Waals surface area contributed by atoms with E-state index in [1.165, 1.54) is 77.2 Å². The second-order valence-electron chi connectivity index (χ2n) is 37.0. The molecule has 0 amide bonds. The summed E-state index contributed by atoms with van der Waals surface area (Å²) in [5.41, 5.74) is 40.9. The summed E-state index contributed by atoms with van der Waals surface area (Å²) in [4.78, 5) is 48.4. The van der Waals surface area contributed by atoms with Gasteiger partial charge in [-0.15, -0.1) is 0 Å². The first-order valence-electron chi connectivity index (χ1n) is 50.1. The number of aliphatic imine (C=N–C) groups is 1. The van der Waals surface area contributed by atoms with Crippen LogP contribution in [0.3, 0.4) is 0 Å². The first-order chi connectivity index (χ1) is 73.8. The summed E-state index contributed by atoms with van der Waals surface area (Å²) in [7, 11) is 0. The number of fused-ring (bicyclic) bond motifs is 3. The van der Waals surface area contributed by atoms with Crippen LogP contribution in [0.2, 0.25) is 0 Å². The predicted molar refractivity (Wildman–Crippen MR) is 613 cm³/mol. The van der Waals surface area contributed by atoms with Crippen molar-refractivity contribution >= 4 is 32.9 Å². The van der Waals surface area contributed by atoms with Crippen LogP contribution in [0.15, 0.2) is 570 Å². The molecule has 0 N–H and O–H groups in total. The van der Waals surface area contributed by atoms with Crippen LogP contribution in [0.1, 0.15) is 22.6 Å². The highest BCUT2D eigenvalue weighted by Crippen LogP contribution is 2.45. The summed E-state index contributed by atoms with van der Waals surface area (Å²) >= 11 is 0. The first-order valence-corrected chi connectivity index (χ1v) is 50.1. The SMILES string of the molecule is c1ccc(-c2ccc(-c3cc(-c4cccc(-c5ccc(C6=Nc7ccccc7C6c6ccccc6)cc5)c4)nc(-c4ccc(-c5ccncc5)cc4)n3)cc2)cc1.c1ccc(-c2ccc(-c3cc(-c4cccc(-c5ccc6ccccc6c5)c4)nc(-c4ccc(-c5ccncc5)cc4)n3)cc2)cc1.c1ccc(-c2ccc(-c3cc(-c4cccc(-c5cccc6ccccc56)c4)nc(-c4ccc(-c5ccncc5)cc4)n3)cc2)cc1. The number of nitrogens with zero attached hydrogens (tertiary/aromatic N) is 10. The maximum atomic E-state index is 5.19. The molecule has 0 spiro atoms. The molecule has 1 aliphatic heterocycles. The van der Waals surface area contributed by atoms with Crippen LogP contribution in [-0.4, -0.2) is 50.6 Å². The summed E-state index contributed by atoms with van der Waals surface area (Å²) in [6.07, 6.45) is 10.9. The van der Waals surface area contributed by atoms with Crippen molar-refractivity contribution in [3.05, 3.63) is 582 Å². The van der Waals surface area contributed by atoms with E-state index < -0.39 is 0 Å². The lowest BCUT2D eigenvalue weighted by Crippen LogP contribution is -2.11. The fourth-order valence-electron chi connectivity index (χ4n) is 19.7. The lowest BCUT2D eigenvalue weighted by Gasteiger charge is -2.16. The van der Waals surface area contributed by atoms with Gasteiger partial charge < -0.3 is 0 Å². The van der Waals surface area contributed by atoms with Gasteiger partial charge in [0, 0.05) is 87.3 Å². The Morgan fingerprint density at radius 1 is 0.148 bits per heavy atom. The zero-order chi connectivity index (χ0) is 99.4. The predicted octanol–water partition coefficient (Wildman–Crippen LogP) is 35.2. The van der Waals surface area contributed by atoms with Crippen molar-refractivity contribution in [2.45, 2.75) is 5.92 Å². The monoisotopic (exact) mass is 1900 g/mol. The third-order valence-corrected chi connectivity index (χ3v) is 27.6. The molecule has 0 aliphatic carbocycles. The first kappa shape index (κ1) is 91.5. The van der Waals surface area contributed by atoms with Crippen LogP contribution in [-0.2, 0) is 0 Å². The number of rotatable bonds is 20. The summed E-state index contributed by atoms with van der Waals surface area (Å²) in [6, 6.07) is 185. The molecular weight excluding hydrogens is 1810 g/mol. The van der Waals surface area contributed by atoms with Gasteiger partial charge in [-0.25, -0.2) is 29.9 Å². The smallest absolute Gasteiger partial charge is 0.160 e. The second-order valence-corrected chi connectivity index (χ2v) is 37.0. The zero-order valence-electron chi connectivity index (χ0n) is 81.2. The third-order valence-electron chi connectivity index (χ3n) is 27.6. The van der Waals surface area contributed by atoms with Gasteiger partial charge in [0.25, 0.3) is 0 Å². The summed E-state index contributed by atoms with van der Waals surface area (Å²) in [5.74, 6) is 2.16. The number of para-hydroxylation sites is 1. The van der Waals surface area contributed by atoms with Crippen LogP contribution in [0.25, 0.3) is 223 Å². The van der Waals surface area contributed by atoms with Gasteiger partial charge >= 0.3 is 0 Å². The summed E-state index contributed by atoms with van der Waals surface area (Å²) in [5, 5.41) is 4.93. The normalized spacial score (nSPS) is 11.9. The van der Waals surface area contributed by atoms with Gasteiger partial charge in [-0.05, 0) is 223 Å². The number of hydrogen-bond acceptors (Lipinski definition) is 10. The van der Waals surface area contributed by atoms with E-state index in [4.69, 9.17) is 34.9 Å². The van der Waals surface area contributed by atoms with E-state index in [9.17, 15) is 0 Å². The minimum absolute atomic E-state index is 0.0964. The van der Waals surface area contributed by atoms with E-state index in [1.807, 2.05) is 91.8 Å². The van der Waals surface area contributed by atoms with E-state index >= 15 is 0 Å². The fraction of sp³-hybridized carbons (Fsp3) is 0.00719. The average Bonchev–Trinajstić information content (AvgIpc) is 1.46. The Morgan fingerprint density at radius 2 is 0.409 bits per heavy atom. The molecule has 6 aromatic heterocycles. The molecule has 0 radical (unpaired) electrons. The van der Waals surface area contributed by atoms with Crippen molar-refractivity contribution in [2.24, 2.45) is 4.99 Å². The highest BCUT2D eigenvalue weighted by atomic mass is 14.9. The molecule has 1 aliphatic rings. The molecule has 700 valence electrons. The van der Waals surface area contributed by atoms with Crippen LogP contribution < -0.4 is 0 Å². The minimum atomic E-state index is 0.0964. The topological polar surface area (TPSA) is 128 Å². The maximum Gasteiger partial charge on any atom is 0.160 e. The molecule has 7 heterocycles. The van der Waals surface area contributed by atoms with Crippen LogP contribution in [0.4, 0.5) is 5.69 Å². The molecule has 0 fully saturated rings. The van der Waals surface area contributed by atoms with E-state index in [2.05, 4.69) is 488 Å². The van der Waals surface area contributed by atoms with Gasteiger partial charge in [-0.3, -0.25) is 19.9 Å². The van der Waals surface area contributed by atoms with Gasteiger partial charge in [0.05, 0.1) is 51.5 Å². The Hall–Kier alpha value is -19.9. The Bertz CT molecular complexity index is 8770. The molecule has 0 saturated carbocycles. The molecule has 1 atom stereocenters. The van der Waals surface area contributed by atoms with Gasteiger partial charge in [0.2, 0.25) is 0 Å². The lowest BCUT2D eigenvalue weighted by molar-refractivity contribution is 1.11. The quantitative estimate of drug-likeness (QED) is 0.0732. The van der Waals surface area contributed by atoms with Crippen molar-refractivity contribution in [3.8, 4) is 202 Å². The van der Waals surface area contributed by atoms with Gasteiger partial charge in [-0.1, -0.05) is 443 Å². The molecule has 19 aromatic carbocycles. The fourth-order valence-corrected chi connectivity index (χ4v) is 19.7. The van der Waals surface area contributed by atoms with Gasteiger partial charge in [0.1, 0.15) is 0 Å². The Labute approximate surface area is 866 Å². The van der Waals surface area contributed by atoms with E-state index in [0.717, 1.165) is 157 Å². The highest BCUT2D eigenvalue weighted by Gasteiger charge is 2.30. The molecule has 25 aromatic rings. The molecular formula is C139H94N10. The van der Waals surface area contributed by atoms with Crippen molar-refractivity contribution in [3.63, 3.8) is 0 Å². The van der Waals surface area contributed by atoms with E-state index in [1.54, 1.807) is 0 Å². The average molecular weight is 1900 g/mol. The van der Waals surface area contributed by atoms with Crippen molar-refractivity contribution in [1.82, 2.24) is 44.9 Å². The molecule has 1 unspecified atom stereocenters. The van der Waals surface area contributed by atoms with Crippen LogP contribution in [0.5, 0.6) is 0 Å². The number of hydrogen-bond donors (Lipinski definition) is 0. The minimum Gasteiger partial charge on any atom is -0.265 e. The molecule has 10 heteroatoms. The molecule has 10 nitrogen and oxygen atoms in total. The molecule has 149 heavy (non-hydrogen) atoms. The summed E-state index contributed by atoms with van der Waals surface area (Å²) < 4.78 is 0. The standard InChI is InChI=1S/C53H36N4.2C43H29N3/c1-3-10-36(11-4-1)37-18-24-41(25-19-37)49-35-50(57-53(56-49)44-28-22-38(23-29-44)40-30-32-54-33-31-40)46-15-9-14-45(34-46)39-20-26-43(27-21-39)52-51(42-12-5-2-6-13-42)47-16-7-8-17-48(47)55-52;1-2-8-30(9-3-1)31-16-20-35(21-17-31)41-29-42(46-43(45-41)36-22-18-32(19-23-36)33-24-26-44-27-25-33)38-13-6-12-37(28-38)40-15-7-11-34-10-4-5-14-39(34)40;1-2-7-30(8-3-1)32-13-18-35(19-14-32)41-29-42(46-43(45-41)36-20-15-33(16-21-36)34-23-25-44-26-24-34)40-12-6-11-38(28-40)39-22-17-31-9-4-5-10-37(31)27-39/h1-35,51H;2*1-29H. The molecule has 0 bridgehead atoms. The Kier molecular flexibility index (Phi) is 26.0. The summed E-state index contributed by atoms with van der Waals surface area (Å²) in [6.45, 7) is 0. The van der Waals surface area contributed by atoms with E-state index in [0.29, 0.717) is 17.5 Å². The Balaban J connectivity index is 0.000000120. The Morgan fingerprint density at radius 3 is 0.826 bits per heavy atom. The largest absolute Gasteiger partial charge is 0.265 e. The van der Waals surface area contributed by atoms with Crippen molar-refractivity contribution < 1.29 is 0 Å². The third kappa shape index (κ3) is 20.4. The lowest BCUT2D eigenvalue weighted by atomic mass is 9.85. The zero-order valence-corrected chi connectivity index (χ0v) is 81.2. The van der Waals surface area contributed by atoms with E-state index in [-0.39, 0.29) is 5.92 Å². The second kappa shape index (κ2) is 42.3. The van der Waals surface area contributed by atoms with Gasteiger partial charge in [0.15, 0.2) is 17.5 Å². The van der Waals surface area contributed by atoms with Crippen LogP contribution >= 0.6 is 0 Å². The van der Waals surface area contributed by atoms with Gasteiger partial charge in [-0.2, -0.15) is 0 Å². The molecule has 0 saturated heterocycles. The van der Waals surface area contributed by atoms with Crippen molar-refractivity contribution in [2.75, 3.05) is 0 Å². The number of aromatic nitrogens is 9. The number of benzene rings is 19. The number of pyridine rings is 3. The molecule has 26 rings (SSSR count).